The van der Waals surface area contributed by atoms with E-state index < -0.39 is 0 Å². The molecule has 1 aliphatic carbocycles. The Bertz CT molecular complexity index is 241. The van der Waals surface area contributed by atoms with Crippen molar-refractivity contribution in [3.63, 3.8) is 0 Å². The minimum absolute atomic E-state index is 0.0191. The molecule has 5 nitrogen and oxygen atoms in total. The molecule has 5 heteroatoms. The summed E-state index contributed by atoms with van der Waals surface area (Å²) in [6.45, 7) is 2.66. The Balaban J connectivity index is 1.80. The molecular formula is C11H21N3O2. The van der Waals surface area contributed by atoms with Crippen LogP contribution in [0.4, 0.5) is 4.79 Å². The van der Waals surface area contributed by atoms with Crippen LogP contribution in [0.3, 0.4) is 0 Å². The van der Waals surface area contributed by atoms with Gasteiger partial charge in [0, 0.05) is 25.2 Å². The highest BCUT2D eigenvalue weighted by Crippen LogP contribution is 2.17. The van der Waals surface area contributed by atoms with Gasteiger partial charge in [0.1, 0.15) is 0 Å². The van der Waals surface area contributed by atoms with Crippen LogP contribution in [0.1, 0.15) is 25.7 Å². The van der Waals surface area contributed by atoms with Gasteiger partial charge in [-0.2, -0.15) is 0 Å². The maximum Gasteiger partial charge on any atom is 0.317 e. The van der Waals surface area contributed by atoms with E-state index in [1.54, 1.807) is 0 Å². The third-order valence-electron chi connectivity index (χ3n) is 3.43. The number of hydrogen-bond donors (Lipinski definition) is 2. The molecule has 1 aliphatic heterocycles. The van der Waals surface area contributed by atoms with Gasteiger partial charge in [0.2, 0.25) is 0 Å². The molecule has 92 valence electrons. The summed E-state index contributed by atoms with van der Waals surface area (Å²) >= 11 is 0. The van der Waals surface area contributed by atoms with Crippen LogP contribution in [0, 0.1) is 0 Å². The highest BCUT2D eigenvalue weighted by atomic mass is 16.5. The zero-order chi connectivity index (χ0) is 11.4. The molecule has 0 unspecified atom stereocenters. The normalized spacial score (nSPS) is 31.2. The van der Waals surface area contributed by atoms with E-state index in [-0.39, 0.29) is 18.1 Å². The lowest BCUT2D eigenvalue weighted by Gasteiger charge is -2.33. The fourth-order valence-corrected chi connectivity index (χ4v) is 2.36. The summed E-state index contributed by atoms with van der Waals surface area (Å²) in [5.74, 6) is 0. The van der Waals surface area contributed by atoms with Gasteiger partial charge < -0.3 is 20.7 Å². The first-order chi connectivity index (χ1) is 7.77. The maximum absolute atomic E-state index is 11.9. The maximum atomic E-state index is 11.9. The van der Waals surface area contributed by atoms with E-state index in [4.69, 9.17) is 10.5 Å². The lowest BCUT2D eigenvalue weighted by Crippen LogP contribution is -2.54. The number of hydrogen-bond acceptors (Lipinski definition) is 3. The second-order valence-electron chi connectivity index (χ2n) is 4.60. The van der Waals surface area contributed by atoms with Crippen LogP contribution in [-0.2, 0) is 4.74 Å². The molecule has 2 amide bonds. The van der Waals surface area contributed by atoms with Gasteiger partial charge in [-0.05, 0) is 12.8 Å². The molecule has 2 aliphatic rings. The van der Waals surface area contributed by atoms with Crippen molar-refractivity contribution in [2.24, 2.45) is 5.73 Å². The minimum atomic E-state index is 0.0191. The third kappa shape index (κ3) is 2.86. The topological polar surface area (TPSA) is 67.6 Å². The number of rotatable bonds is 1. The average molecular weight is 227 g/mol. The summed E-state index contributed by atoms with van der Waals surface area (Å²) < 4.78 is 5.21. The van der Waals surface area contributed by atoms with E-state index >= 15 is 0 Å². The molecule has 2 atom stereocenters. The zero-order valence-electron chi connectivity index (χ0n) is 9.65. The van der Waals surface area contributed by atoms with Crippen LogP contribution in [0.25, 0.3) is 0 Å². The number of nitrogens with two attached hydrogens (primary N) is 1. The van der Waals surface area contributed by atoms with Gasteiger partial charge in [0.05, 0.1) is 13.2 Å². The number of carbonyl (C=O) groups excluding carboxylic acids is 1. The van der Waals surface area contributed by atoms with Crippen LogP contribution >= 0.6 is 0 Å². The lowest BCUT2D eigenvalue weighted by atomic mass is 9.91. The zero-order valence-corrected chi connectivity index (χ0v) is 9.65. The Hall–Kier alpha value is -0.810. The second-order valence-corrected chi connectivity index (χ2v) is 4.60. The number of amides is 2. The first-order valence-corrected chi connectivity index (χ1v) is 6.16. The summed E-state index contributed by atoms with van der Waals surface area (Å²) in [5, 5.41) is 3.04. The molecule has 0 spiro atoms. The smallest absolute Gasteiger partial charge is 0.317 e. The highest BCUT2D eigenvalue weighted by molar-refractivity contribution is 5.74. The molecule has 1 saturated carbocycles. The van der Waals surface area contributed by atoms with Crippen LogP contribution in [-0.4, -0.2) is 49.3 Å². The van der Waals surface area contributed by atoms with E-state index in [0.29, 0.717) is 26.3 Å². The van der Waals surface area contributed by atoms with Gasteiger partial charge in [-0.15, -0.1) is 0 Å². The SMILES string of the molecule is N[C@H]1CCCC[C@H]1NC(=O)N1CCOCC1. The highest BCUT2D eigenvalue weighted by Gasteiger charge is 2.25. The second kappa shape index (κ2) is 5.50. The number of morpholine rings is 1. The van der Waals surface area contributed by atoms with Gasteiger partial charge in [0.15, 0.2) is 0 Å². The molecule has 3 N–H and O–H groups in total. The van der Waals surface area contributed by atoms with Crippen molar-refractivity contribution in [2.45, 2.75) is 37.8 Å². The molecule has 0 aromatic rings. The van der Waals surface area contributed by atoms with Crippen molar-refractivity contribution in [3.8, 4) is 0 Å². The molecular weight excluding hydrogens is 206 g/mol. The van der Waals surface area contributed by atoms with Crippen molar-refractivity contribution in [1.82, 2.24) is 10.2 Å². The summed E-state index contributed by atoms with van der Waals surface area (Å²) in [4.78, 5) is 13.7. The molecule has 0 aromatic carbocycles. The van der Waals surface area contributed by atoms with Gasteiger partial charge in [-0.1, -0.05) is 12.8 Å². The average Bonchev–Trinajstić information content (AvgIpc) is 2.33. The standard InChI is InChI=1S/C11H21N3O2/c12-9-3-1-2-4-10(9)13-11(15)14-5-7-16-8-6-14/h9-10H,1-8,12H2,(H,13,15)/t9-,10+/m0/s1. The van der Waals surface area contributed by atoms with E-state index in [1.807, 2.05) is 4.90 Å². The summed E-state index contributed by atoms with van der Waals surface area (Å²) in [5.41, 5.74) is 6.00. The molecule has 1 saturated heterocycles. The predicted octanol–water partition coefficient (Wildman–Crippen LogP) is 0.298. The number of urea groups is 1. The van der Waals surface area contributed by atoms with Gasteiger partial charge in [-0.25, -0.2) is 4.79 Å². The first kappa shape index (κ1) is 11.7. The Morgan fingerprint density at radius 3 is 2.62 bits per heavy atom. The number of carbonyl (C=O) groups is 1. The van der Waals surface area contributed by atoms with Crippen molar-refractivity contribution in [3.05, 3.63) is 0 Å². The monoisotopic (exact) mass is 227 g/mol. The largest absolute Gasteiger partial charge is 0.378 e. The van der Waals surface area contributed by atoms with Gasteiger partial charge >= 0.3 is 6.03 Å². The van der Waals surface area contributed by atoms with Crippen molar-refractivity contribution in [1.29, 1.82) is 0 Å². The van der Waals surface area contributed by atoms with Crippen LogP contribution < -0.4 is 11.1 Å². The van der Waals surface area contributed by atoms with E-state index in [9.17, 15) is 4.79 Å². The first-order valence-electron chi connectivity index (χ1n) is 6.16. The third-order valence-corrected chi connectivity index (χ3v) is 3.43. The van der Waals surface area contributed by atoms with Gasteiger partial charge in [0.25, 0.3) is 0 Å². The van der Waals surface area contributed by atoms with Crippen LogP contribution in [0.15, 0.2) is 0 Å². The van der Waals surface area contributed by atoms with Crippen molar-refractivity contribution < 1.29 is 9.53 Å². The number of ether oxygens (including phenoxy) is 1. The minimum Gasteiger partial charge on any atom is -0.378 e. The Labute approximate surface area is 96.3 Å². The molecule has 2 rings (SSSR count). The quantitative estimate of drug-likeness (QED) is 0.677. The molecule has 16 heavy (non-hydrogen) atoms. The van der Waals surface area contributed by atoms with Crippen molar-refractivity contribution >= 4 is 6.03 Å². The summed E-state index contributed by atoms with van der Waals surface area (Å²) in [6.07, 6.45) is 4.39. The summed E-state index contributed by atoms with van der Waals surface area (Å²) in [7, 11) is 0. The number of nitrogens with one attached hydrogen (secondary N) is 1. The van der Waals surface area contributed by atoms with Crippen molar-refractivity contribution in [2.75, 3.05) is 26.3 Å². The van der Waals surface area contributed by atoms with Crippen LogP contribution in [0.5, 0.6) is 0 Å². The lowest BCUT2D eigenvalue weighted by molar-refractivity contribution is 0.0519. The Kier molecular flexibility index (Phi) is 4.01. The molecule has 1 heterocycles. The van der Waals surface area contributed by atoms with Gasteiger partial charge in [-0.3, -0.25) is 0 Å². The Morgan fingerprint density at radius 2 is 1.94 bits per heavy atom. The molecule has 2 fully saturated rings. The van der Waals surface area contributed by atoms with E-state index in [1.165, 1.54) is 12.8 Å². The molecule has 0 aromatic heterocycles. The van der Waals surface area contributed by atoms with E-state index in [2.05, 4.69) is 5.32 Å². The summed E-state index contributed by atoms with van der Waals surface area (Å²) in [6, 6.07) is 0.300. The van der Waals surface area contributed by atoms with Crippen LogP contribution in [0.2, 0.25) is 0 Å². The molecule has 0 radical (unpaired) electrons. The van der Waals surface area contributed by atoms with E-state index in [0.717, 1.165) is 12.8 Å². The Morgan fingerprint density at radius 1 is 1.25 bits per heavy atom. The fraction of sp³-hybridized carbons (Fsp3) is 0.909. The fourth-order valence-electron chi connectivity index (χ4n) is 2.36. The number of nitrogens with zero attached hydrogens (tertiary/aromatic N) is 1. The molecule has 0 bridgehead atoms. The predicted molar refractivity (Wildman–Crippen MR) is 61.2 cm³/mol.